The van der Waals surface area contributed by atoms with Crippen LogP contribution < -0.4 is 4.72 Å². The lowest BCUT2D eigenvalue weighted by Crippen LogP contribution is -2.28. The standard InChI is InChI=1S/C15H14ClN3O3S/c1-2-12(10-6-8-11(16)9-7-10)19-23(20,21)14-5-3-4-13-15(14)18-22-17-13/h3-9,12,19H,2H2,1H3. The lowest BCUT2D eigenvalue weighted by molar-refractivity contribution is 0.315. The number of rotatable bonds is 5. The molecule has 0 radical (unpaired) electrons. The molecule has 1 aromatic heterocycles. The smallest absolute Gasteiger partial charge is 0.243 e. The second-order valence-corrected chi connectivity index (χ2v) is 7.14. The summed E-state index contributed by atoms with van der Waals surface area (Å²) in [5, 5.41) is 7.95. The quantitative estimate of drug-likeness (QED) is 0.762. The highest BCUT2D eigenvalue weighted by Crippen LogP contribution is 2.24. The van der Waals surface area contributed by atoms with Crippen LogP contribution in [0.1, 0.15) is 24.9 Å². The van der Waals surface area contributed by atoms with Crippen molar-refractivity contribution in [2.75, 3.05) is 0 Å². The van der Waals surface area contributed by atoms with Gasteiger partial charge in [-0.25, -0.2) is 17.8 Å². The molecule has 0 aliphatic heterocycles. The zero-order valence-electron chi connectivity index (χ0n) is 12.2. The third-order valence-electron chi connectivity index (χ3n) is 3.52. The second kappa shape index (κ2) is 6.27. The van der Waals surface area contributed by atoms with Crippen molar-refractivity contribution in [1.29, 1.82) is 0 Å². The van der Waals surface area contributed by atoms with Crippen LogP contribution in [0.4, 0.5) is 0 Å². The molecule has 0 fully saturated rings. The Bertz CT molecular complexity index is 923. The topological polar surface area (TPSA) is 85.1 Å². The molecule has 1 N–H and O–H groups in total. The van der Waals surface area contributed by atoms with Gasteiger partial charge in [-0.2, -0.15) is 0 Å². The van der Waals surface area contributed by atoms with Gasteiger partial charge in [-0.05, 0) is 46.6 Å². The zero-order valence-corrected chi connectivity index (χ0v) is 13.8. The SMILES string of the molecule is CCC(NS(=O)(=O)c1cccc2nonc12)c1ccc(Cl)cc1. The highest BCUT2D eigenvalue weighted by molar-refractivity contribution is 7.89. The first kappa shape index (κ1) is 15.9. The maximum Gasteiger partial charge on any atom is 0.243 e. The summed E-state index contributed by atoms with van der Waals surface area (Å²) in [4.78, 5) is 0.0451. The molecule has 3 aromatic rings. The van der Waals surface area contributed by atoms with E-state index in [0.717, 1.165) is 5.56 Å². The minimum atomic E-state index is -3.77. The highest BCUT2D eigenvalue weighted by atomic mass is 35.5. The average molecular weight is 352 g/mol. The van der Waals surface area contributed by atoms with Gasteiger partial charge in [0.15, 0.2) is 5.52 Å². The summed E-state index contributed by atoms with van der Waals surface area (Å²) in [6, 6.07) is 11.4. The van der Waals surface area contributed by atoms with Gasteiger partial charge in [-0.1, -0.05) is 36.7 Å². The van der Waals surface area contributed by atoms with Gasteiger partial charge < -0.3 is 0 Å². The summed E-state index contributed by atoms with van der Waals surface area (Å²) >= 11 is 5.88. The summed E-state index contributed by atoms with van der Waals surface area (Å²) in [6.07, 6.45) is 0.591. The van der Waals surface area contributed by atoms with Crippen LogP contribution in [-0.4, -0.2) is 18.7 Å². The third kappa shape index (κ3) is 3.21. The Morgan fingerprint density at radius 1 is 1.17 bits per heavy atom. The van der Waals surface area contributed by atoms with Crippen LogP contribution in [0.2, 0.25) is 5.02 Å². The van der Waals surface area contributed by atoms with Gasteiger partial charge in [0, 0.05) is 11.1 Å². The van der Waals surface area contributed by atoms with E-state index in [4.69, 9.17) is 11.6 Å². The van der Waals surface area contributed by atoms with E-state index in [0.29, 0.717) is 17.0 Å². The predicted molar refractivity (Wildman–Crippen MR) is 86.6 cm³/mol. The Labute approximate surface area is 138 Å². The molecule has 23 heavy (non-hydrogen) atoms. The van der Waals surface area contributed by atoms with E-state index in [9.17, 15) is 8.42 Å². The van der Waals surface area contributed by atoms with Crippen molar-refractivity contribution < 1.29 is 13.0 Å². The van der Waals surface area contributed by atoms with Gasteiger partial charge in [-0.15, -0.1) is 0 Å². The van der Waals surface area contributed by atoms with Gasteiger partial charge >= 0.3 is 0 Å². The van der Waals surface area contributed by atoms with E-state index in [-0.39, 0.29) is 16.5 Å². The zero-order chi connectivity index (χ0) is 16.4. The van der Waals surface area contributed by atoms with E-state index in [1.165, 1.54) is 6.07 Å². The van der Waals surface area contributed by atoms with Crippen LogP contribution in [0.3, 0.4) is 0 Å². The number of nitrogens with zero attached hydrogens (tertiary/aromatic N) is 2. The molecule has 1 unspecified atom stereocenters. The van der Waals surface area contributed by atoms with Gasteiger partial charge in [0.2, 0.25) is 10.0 Å². The molecule has 0 saturated carbocycles. The second-order valence-electron chi connectivity index (χ2n) is 5.02. The lowest BCUT2D eigenvalue weighted by Gasteiger charge is -2.17. The number of hydrogen-bond acceptors (Lipinski definition) is 5. The highest BCUT2D eigenvalue weighted by Gasteiger charge is 2.24. The molecular weight excluding hydrogens is 338 g/mol. The Balaban J connectivity index is 1.96. The minimum Gasteiger partial charge on any atom is -0.243 e. The van der Waals surface area contributed by atoms with Crippen molar-refractivity contribution in [2.45, 2.75) is 24.3 Å². The fraction of sp³-hybridized carbons (Fsp3) is 0.200. The molecule has 8 heteroatoms. The molecule has 3 rings (SSSR count). The van der Waals surface area contributed by atoms with Crippen molar-refractivity contribution in [1.82, 2.24) is 15.0 Å². The summed E-state index contributed by atoms with van der Waals surface area (Å²) in [7, 11) is -3.77. The number of nitrogens with one attached hydrogen (secondary N) is 1. The summed E-state index contributed by atoms with van der Waals surface area (Å²) in [5.74, 6) is 0. The molecule has 6 nitrogen and oxygen atoms in total. The van der Waals surface area contributed by atoms with E-state index < -0.39 is 10.0 Å². The van der Waals surface area contributed by atoms with E-state index in [1.807, 2.05) is 6.92 Å². The van der Waals surface area contributed by atoms with Crippen LogP contribution in [0.25, 0.3) is 11.0 Å². The van der Waals surface area contributed by atoms with Crippen LogP contribution in [0.5, 0.6) is 0 Å². The van der Waals surface area contributed by atoms with Crippen molar-refractivity contribution in [2.24, 2.45) is 0 Å². The largest absolute Gasteiger partial charge is 0.243 e. The number of hydrogen-bond donors (Lipinski definition) is 1. The molecule has 1 heterocycles. The van der Waals surface area contributed by atoms with E-state index >= 15 is 0 Å². The number of sulfonamides is 1. The fourth-order valence-corrected chi connectivity index (χ4v) is 3.92. The normalized spacial score (nSPS) is 13.3. The van der Waals surface area contributed by atoms with Crippen molar-refractivity contribution in [3.63, 3.8) is 0 Å². The monoisotopic (exact) mass is 351 g/mol. The number of fused-ring (bicyclic) bond motifs is 1. The summed E-state index contributed by atoms with van der Waals surface area (Å²) in [6.45, 7) is 1.90. The lowest BCUT2D eigenvalue weighted by atomic mass is 10.1. The number of aromatic nitrogens is 2. The van der Waals surface area contributed by atoms with Crippen LogP contribution >= 0.6 is 11.6 Å². The Kier molecular flexibility index (Phi) is 4.34. The fourth-order valence-electron chi connectivity index (χ4n) is 2.33. The van der Waals surface area contributed by atoms with Gasteiger partial charge in [-0.3, -0.25) is 0 Å². The van der Waals surface area contributed by atoms with Gasteiger partial charge in [0.25, 0.3) is 0 Å². The van der Waals surface area contributed by atoms with Crippen LogP contribution in [0.15, 0.2) is 52.0 Å². The van der Waals surface area contributed by atoms with Crippen LogP contribution in [0, 0.1) is 0 Å². The van der Waals surface area contributed by atoms with Gasteiger partial charge in [0.1, 0.15) is 10.4 Å². The maximum atomic E-state index is 12.7. The molecule has 0 aliphatic rings. The first-order valence-electron chi connectivity index (χ1n) is 7.00. The van der Waals surface area contributed by atoms with E-state index in [2.05, 4.69) is 19.7 Å². The van der Waals surface area contributed by atoms with Crippen LogP contribution in [-0.2, 0) is 10.0 Å². The maximum absolute atomic E-state index is 12.7. The van der Waals surface area contributed by atoms with Crippen molar-refractivity contribution in [3.8, 4) is 0 Å². The molecule has 1 atom stereocenters. The molecule has 0 aliphatic carbocycles. The Morgan fingerprint density at radius 3 is 2.61 bits per heavy atom. The first-order valence-corrected chi connectivity index (χ1v) is 8.86. The number of benzene rings is 2. The summed E-state index contributed by atoms with van der Waals surface area (Å²) in [5.41, 5.74) is 1.45. The molecule has 120 valence electrons. The van der Waals surface area contributed by atoms with Gasteiger partial charge in [0.05, 0.1) is 0 Å². The first-order chi connectivity index (χ1) is 11.0. The molecule has 0 amide bonds. The minimum absolute atomic E-state index is 0.0451. The van der Waals surface area contributed by atoms with Crippen molar-refractivity contribution >= 4 is 32.7 Å². The Morgan fingerprint density at radius 2 is 1.91 bits per heavy atom. The van der Waals surface area contributed by atoms with Crippen molar-refractivity contribution in [3.05, 3.63) is 53.1 Å². The average Bonchev–Trinajstić information content (AvgIpc) is 3.02. The summed E-state index contributed by atoms with van der Waals surface area (Å²) < 4.78 is 32.7. The number of halogens is 1. The molecule has 0 saturated heterocycles. The third-order valence-corrected chi connectivity index (χ3v) is 5.27. The molecule has 0 bridgehead atoms. The molecule has 0 spiro atoms. The Hall–Kier alpha value is -1.96. The van der Waals surface area contributed by atoms with E-state index in [1.54, 1.807) is 36.4 Å². The molecular formula is C15H14ClN3O3S. The predicted octanol–water partition coefficient (Wildman–Crippen LogP) is 3.31. The molecule has 2 aromatic carbocycles.